The molecule has 0 unspecified atom stereocenters. The van der Waals surface area contributed by atoms with Crippen molar-refractivity contribution in [2.45, 2.75) is 24.8 Å². The molecule has 1 aromatic carbocycles. The molecule has 2 atom stereocenters. The topological polar surface area (TPSA) is 87.3 Å². The average molecular weight is 311 g/mol. The first-order valence-electron chi connectivity index (χ1n) is 6.96. The highest BCUT2D eigenvalue weighted by Crippen LogP contribution is 2.36. The summed E-state index contributed by atoms with van der Waals surface area (Å²) >= 11 is 0. The molecule has 1 aromatic rings. The Morgan fingerprint density at radius 2 is 1.86 bits per heavy atom. The van der Waals surface area contributed by atoms with Gasteiger partial charge in [-0.3, -0.25) is 0 Å². The maximum atomic E-state index is 11.6. The molecule has 1 saturated carbocycles. The van der Waals surface area contributed by atoms with E-state index in [0.717, 1.165) is 5.56 Å². The maximum absolute atomic E-state index is 11.6. The van der Waals surface area contributed by atoms with E-state index < -0.39 is 10.0 Å². The number of hydrogen-bond donors (Lipinski definition) is 3. The largest absolute Gasteiger partial charge is 0.338 e. The van der Waals surface area contributed by atoms with Gasteiger partial charge < -0.3 is 10.6 Å². The van der Waals surface area contributed by atoms with Gasteiger partial charge in [-0.15, -0.1) is 0 Å². The Labute approximate surface area is 125 Å². The quantitative estimate of drug-likeness (QED) is 0.734. The molecule has 0 aromatic heterocycles. The van der Waals surface area contributed by atoms with Crippen LogP contribution in [-0.4, -0.2) is 28.0 Å². The van der Waals surface area contributed by atoms with E-state index >= 15 is 0 Å². The normalized spacial score (nSPS) is 20.9. The molecule has 0 saturated heterocycles. The van der Waals surface area contributed by atoms with Crippen LogP contribution in [0.25, 0.3) is 0 Å². The Hall–Kier alpha value is -1.60. The van der Waals surface area contributed by atoms with Crippen LogP contribution in [0.1, 0.15) is 18.9 Å². The Bertz CT molecular complexity index is 598. The van der Waals surface area contributed by atoms with Crippen molar-refractivity contribution < 1.29 is 13.2 Å². The number of nitrogens with one attached hydrogen (secondary N) is 3. The summed E-state index contributed by atoms with van der Waals surface area (Å²) in [4.78, 5) is 11.8. The minimum absolute atomic E-state index is 0.193. The number of rotatable bonds is 6. The molecule has 1 aliphatic rings. The van der Waals surface area contributed by atoms with E-state index in [2.05, 4.69) is 22.3 Å². The second-order valence-electron chi connectivity index (χ2n) is 5.39. The van der Waals surface area contributed by atoms with Crippen LogP contribution >= 0.6 is 0 Å². The van der Waals surface area contributed by atoms with Crippen molar-refractivity contribution >= 4 is 16.1 Å². The average Bonchev–Trinajstić information content (AvgIpc) is 3.19. The van der Waals surface area contributed by atoms with Gasteiger partial charge in [0.1, 0.15) is 0 Å². The summed E-state index contributed by atoms with van der Waals surface area (Å²) in [6, 6.07) is 6.22. The van der Waals surface area contributed by atoms with Crippen molar-refractivity contribution in [1.29, 1.82) is 0 Å². The van der Waals surface area contributed by atoms with Crippen molar-refractivity contribution in [3.8, 4) is 0 Å². The van der Waals surface area contributed by atoms with Gasteiger partial charge in [0.05, 0.1) is 4.90 Å². The molecule has 3 N–H and O–H groups in total. The summed E-state index contributed by atoms with van der Waals surface area (Å²) in [6.45, 7) is 3.25. The summed E-state index contributed by atoms with van der Waals surface area (Å²) in [5.74, 6) is 1.33. The van der Waals surface area contributed by atoms with Crippen LogP contribution in [0.5, 0.6) is 0 Å². The van der Waals surface area contributed by atoms with Gasteiger partial charge in [0.2, 0.25) is 10.0 Å². The van der Waals surface area contributed by atoms with Gasteiger partial charge in [-0.05, 0) is 43.0 Å². The molecule has 0 spiro atoms. The van der Waals surface area contributed by atoms with Crippen molar-refractivity contribution in [2.24, 2.45) is 11.8 Å². The first-order chi connectivity index (χ1) is 9.92. The lowest BCUT2D eigenvalue weighted by molar-refractivity contribution is 0.240. The third-order valence-corrected chi connectivity index (χ3v) is 5.19. The van der Waals surface area contributed by atoms with E-state index in [1.165, 1.54) is 25.6 Å². The fourth-order valence-corrected chi connectivity index (χ4v) is 2.79. The monoisotopic (exact) mass is 311 g/mol. The number of benzene rings is 1. The van der Waals surface area contributed by atoms with Crippen LogP contribution in [0, 0.1) is 11.8 Å². The summed E-state index contributed by atoms with van der Waals surface area (Å²) < 4.78 is 25.4. The number of carbonyl (C=O) groups is 1. The van der Waals surface area contributed by atoms with E-state index in [-0.39, 0.29) is 10.9 Å². The number of sulfonamides is 1. The van der Waals surface area contributed by atoms with Crippen molar-refractivity contribution in [3.05, 3.63) is 29.8 Å². The molecule has 0 bridgehead atoms. The van der Waals surface area contributed by atoms with Crippen LogP contribution in [-0.2, 0) is 16.6 Å². The van der Waals surface area contributed by atoms with Crippen LogP contribution in [0.15, 0.2) is 29.2 Å². The molecule has 0 radical (unpaired) electrons. The lowest BCUT2D eigenvalue weighted by Gasteiger charge is -2.08. The first kappa shape index (κ1) is 15.8. The van der Waals surface area contributed by atoms with Gasteiger partial charge in [-0.2, -0.15) is 0 Å². The SMILES string of the molecule is CNS(=O)(=O)c1ccc(CNC(=O)NC[C@@H]2C[C@@H]2C)cc1. The molecule has 2 rings (SSSR count). The van der Waals surface area contributed by atoms with Gasteiger partial charge in [0, 0.05) is 13.1 Å². The van der Waals surface area contributed by atoms with E-state index in [1.807, 2.05) is 0 Å². The van der Waals surface area contributed by atoms with E-state index in [4.69, 9.17) is 0 Å². The number of carbonyl (C=O) groups excluding carboxylic acids is 1. The number of hydrogen-bond acceptors (Lipinski definition) is 3. The maximum Gasteiger partial charge on any atom is 0.315 e. The highest BCUT2D eigenvalue weighted by molar-refractivity contribution is 7.89. The second kappa shape index (κ2) is 6.44. The Kier molecular flexibility index (Phi) is 4.84. The number of urea groups is 1. The highest BCUT2D eigenvalue weighted by atomic mass is 32.2. The molecule has 6 nitrogen and oxygen atoms in total. The minimum Gasteiger partial charge on any atom is -0.338 e. The van der Waals surface area contributed by atoms with E-state index in [9.17, 15) is 13.2 Å². The third kappa shape index (κ3) is 4.44. The zero-order valence-corrected chi connectivity index (χ0v) is 13.0. The smallest absolute Gasteiger partial charge is 0.315 e. The van der Waals surface area contributed by atoms with Crippen LogP contribution < -0.4 is 15.4 Å². The molecule has 21 heavy (non-hydrogen) atoms. The molecule has 7 heteroatoms. The minimum atomic E-state index is -3.41. The van der Waals surface area contributed by atoms with Gasteiger partial charge in [0.15, 0.2) is 0 Å². The molecule has 1 fully saturated rings. The van der Waals surface area contributed by atoms with Crippen molar-refractivity contribution in [1.82, 2.24) is 15.4 Å². The van der Waals surface area contributed by atoms with E-state index in [0.29, 0.717) is 24.9 Å². The van der Waals surface area contributed by atoms with Gasteiger partial charge >= 0.3 is 6.03 Å². The van der Waals surface area contributed by atoms with Crippen molar-refractivity contribution in [2.75, 3.05) is 13.6 Å². The molecular formula is C14H21N3O3S. The number of amides is 2. The standard InChI is InChI=1S/C14H21N3O3S/c1-10-7-12(10)9-17-14(18)16-8-11-3-5-13(6-4-11)21(19,20)15-2/h3-6,10,12,15H,7-9H2,1-2H3,(H2,16,17,18)/t10-,12-/m0/s1. The molecule has 0 aliphatic heterocycles. The van der Waals surface area contributed by atoms with Gasteiger partial charge in [-0.25, -0.2) is 17.9 Å². The Balaban J connectivity index is 1.79. The van der Waals surface area contributed by atoms with Crippen LogP contribution in [0.3, 0.4) is 0 Å². The summed E-state index contributed by atoms with van der Waals surface area (Å²) in [5, 5.41) is 5.59. The summed E-state index contributed by atoms with van der Waals surface area (Å²) in [7, 11) is -2.04. The molecule has 116 valence electrons. The molecule has 0 heterocycles. The zero-order valence-electron chi connectivity index (χ0n) is 12.2. The highest BCUT2D eigenvalue weighted by Gasteiger charge is 2.32. The molecule has 2 amide bonds. The lowest BCUT2D eigenvalue weighted by Crippen LogP contribution is -2.36. The fourth-order valence-electron chi connectivity index (χ4n) is 2.06. The van der Waals surface area contributed by atoms with Crippen LogP contribution in [0.2, 0.25) is 0 Å². The molecular weight excluding hydrogens is 290 g/mol. The predicted octanol–water partition coefficient (Wildman–Crippen LogP) is 1.05. The Morgan fingerprint density at radius 1 is 1.24 bits per heavy atom. The second-order valence-corrected chi connectivity index (χ2v) is 7.27. The lowest BCUT2D eigenvalue weighted by atomic mass is 10.2. The molecule has 1 aliphatic carbocycles. The fraction of sp³-hybridized carbons (Fsp3) is 0.500. The van der Waals surface area contributed by atoms with E-state index in [1.54, 1.807) is 12.1 Å². The summed E-state index contributed by atoms with van der Waals surface area (Å²) in [6.07, 6.45) is 1.18. The third-order valence-electron chi connectivity index (χ3n) is 3.76. The van der Waals surface area contributed by atoms with Gasteiger partial charge in [-0.1, -0.05) is 19.1 Å². The first-order valence-corrected chi connectivity index (χ1v) is 8.45. The Morgan fingerprint density at radius 3 is 2.38 bits per heavy atom. The van der Waals surface area contributed by atoms with Gasteiger partial charge in [0.25, 0.3) is 0 Å². The van der Waals surface area contributed by atoms with Crippen molar-refractivity contribution in [3.63, 3.8) is 0 Å². The van der Waals surface area contributed by atoms with Crippen LogP contribution in [0.4, 0.5) is 4.79 Å². The predicted molar refractivity (Wildman–Crippen MR) is 80.2 cm³/mol. The summed E-state index contributed by atoms with van der Waals surface area (Å²) in [5.41, 5.74) is 0.847. The zero-order chi connectivity index (χ0) is 15.5.